The highest BCUT2D eigenvalue weighted by atomic mass is 79.9. The smallest absolute Gasteiger partial charge is 0.348 e. The summed E-state index contributed by atoms with van der Waals surface area (Å²) in [6, 6.07) is 3.61. The van der Waals surface area contributed by atoms with Crippen molar-refractivity contribution in [1.82, 2.24) is 4.98 Å². The van der Waals surface area contributed by atoms with E-state index in [0.717, 1.165) is 23.1 Å². The van der Waals surface area contributed by atoms with E-state index in [4.69, 9.17) is 9.47 Å². The summed E-state index contributed by atoms with van der Waals surface area (Å²) in [5.41, 5.74) is 3.02. The zero-order valence-corrected chi connectivity index (χ0v) is 16.2. The van der Waals surface area contributed by atoms with Crippen LogP contribution in [0.1, 0.15) is 39.8 Å². The number of allylic oxidation sites excluding steroid dienone is 1. The fourth-order valence-corrected chi connectivity index (χ4v) is 4.61. The van der Waals surface area contributed by atoms with Crippen LogP contribution in [0, 0.1) is 6.92 Å². The second-order valence-electron chi connectivity index (χ2n) is 5.44. The standard InChI is InChI=1S/C18H16BrNO4S/c1-3-23-17(22)16-12-7-6-11(9-21)15(19)14(12)18(25-16)24-13-5-4-8-20-10(13)2/h4-5,8-9H,3,6-7H2,1-2H3. The van der Waals surface area contributed by atoms with Crippen molar-refractivity contribution < 1.29 is 19.1 Å². The number of nitrogens with zero attached hydrogens (tertiary/aromatic N) is 1. The summed E-state index contributed by atoms with van der Waals surface area (Å²) in [4.78, 5) is 28.4. The molecule has 1 aliphatic carbocycles. The molecule has 1 aliphatic rings. The van der Waals surface area contributed by atoms with Crippen LogP contribution in [0.2, 0.25) is 0 Å². The number of rotatable bonds is 5. The highest BCUT2D eigenvalue weighted by Crippen LogP contribution is 2.48. The molecule has 2 heterocycles. The highest BCUT2D eigenvalue weighted by Gasteiger charge is 2.30. The van der Waals surface area contributed by atoms with Gasteiger partial charge in [0.2, 0.25) is 0 Å². The minimum absolute atomic E-state index is 0.306. The van der Waals surface area contributed by atoms with Gasteiger partial charge in [-0.15, -0.1) is 0 Å². The van der Waals surface area contributed by atoms with Gasteiger partial charge in [-0.1, -0.05) is 11.3 Å². The van der Waals surface area contributed by atoms with E-state index in [1.165, 1.54) is 11.3 Å². The Balaban J connectivity index is 2.12. The molecule has 0 N–H and O–H groups in total. The third kappa shape index (κ3) is 3.39. The van der Waals surface area contributed by atoms with Crippen molar-refractivity contribution in [3.8, 4) is 10.8 Å². The number of fused-ring (bicyclic) bond motifs is 1. The second kappa shape index (κ2) is 7.49. The lowest BCUT2D eigenvalue weighted by atomic mass is 9.94. The molecule has 5 nitrogen and oxygen atoms in total. The molecule has 0 saturated heterocycles. The first kappa shape index (κ1) is 17.8. The van der Waals surface area contributed by atoms with Crippen LogP contribution >= 0.6 is 27.3 Å². The summed E-state index contributed by atoms with van der Waals surface area (Å²) >= 11 is 4.74. The lowest BCUT2D eigenvalue weighted by Gasteiger charge is -2.16. The van der Waals surface area contributed by atoms with Crippen LogP contribution < -0.4 is 4.74 Å². The fourth-order valence-electron chi connectivity index (χ4n) is 2.65. The number of pyridine rings is 1. The Labute approximate surface area is 157 Å². The van der Waals surface area contributed by atoms with Crippen molar-refractivity contribution in [2.75, 3.05) is 6.61 Å². The van der Waals surface area contributed by atoms with Gasteiger partial charge in [0.05, 0.1) is 12.3 Å². The number of aldehydes is 1. The van der Waals surface area contributed by atoms with E-state index >= 15 is 0 Å². The van der Waals surface area contributed by atoms with Crippen molar-refractivity contribution in [3.63, 3.8) is 0 Å². The minimum Gasteiger partial charge on any atom is -0.462 e. The molecule has 0 atom stereocenters. The number of hydrogen-bond donors (Lipinski definition) is 0. The number of carbonyl (C=O) groups is 2. The molecule has 2 aromatic heterocycles. The molecule has 0 aliphatic heterocycles. The number of hydrogen-bond acceptors (Lipinski definition) is 6. The SMILES string of the molecule is CCOC(=O)c1sc(Oc2cccnc2C)c2c1CCC(C=O)=C2Br. The molecule has 0 aromatic carbocycles. The van der Waals surface area contributed by atoms with E-state index in [9.17, 15) is 9.59 Å². The van der Waals surface area contributed by atoms with E-state index in [1.54, 1.807) is 19.2 Å². The number of ether oxygens (including phenoxy) is 2. The van der Waals surface area contributed by atoms with Crippen LogP contribution in [-0.4, -0.2) is 23.8 Å². The van der Waals surface area contributed by atoms with E-state index in [1.807, 2.05) is 13.0 Å². The summed E-state index contributed by atoms with van der Waals surface area (Å²) < 4.78 is 11.9. The quantitative estimate of drug-likeness (QED) is 0.518. The van der Waals surface area contributed by atoms with Gasteiger partial charge >= 0.3 is 5.97 Å². The van der Waals surface area contributed by atoms with Gasteiger partial charge in [0.1, 0.15) is 16.9 Å². The van der Waals surface area contributed by atoms with Gasteiger partial charge < -0.3 is 9.47 Å². The maximum absolute atomic E-state index is 12.3. The summed E-state index contributed by atoms with van der Waals surface area (Å²) in [6.45, 7) is 3.93. The van der Waals surface area contributed by atoms with Gasteiger partial charge in [-0.05, 0) is 60.3 Å². The normalized spacial score (nSPS) is 13.4. The van der Waals surface area contributed by atoms with Crippen molar-refractivity contribution in [3.05, 3.63) is 45.6 Å². The molecule has 0 fully saturated rings. The minimum atomic E-state index is -0.364. The molecular formula is C18H16BrNO4S. The summed E-state index contributed by atoms with van der Waals surface area (Å²) in [7, 11) is 0. The van der Waals surface area contributed by atoms with Crippen molar-refractivity contribution in [2.24, 2.45) is 0 Å². The van der Waals surface area contributed by atoms with Gasteiger partial charge in [-0.25, -0.2) is 4.79 Å². The van der Waals surface area contributed by atoms with Crippen LogP contribution in [0.25, 0.3) is 4.48 Å². The first-order valence-electron chi connectivity index (χ1n) is 7.83. The van der Waals surface area contributed by atoms with E-state index < -0.39 is 0 Å². The molecule has 0 amide bonds. The molecule has 0 saturated carbocycles. The molecule has 0 radical (unpaired) electrons. The summed E-state index contributed by atoms with van der Waals surface area (Å²) in [5.74, 6) is 0.247. The monoisotopic (exact) mass is 421 g/mol. The number of aryl methyl sites for hydroxylation is 1. The number of aromatic nitrogens is 1. The number of halogens is 1. The van der Waals surface area contributed by atoms with Crippen LogP contribution in [0.3, 0.4) is 0 Å². The van der Waals surface area contributed by atoms with Crippen molar-refractivity contribution in [1.29, 1.82) is 0 Å². The maximum atomic E-state index is 12.3. The van der Waals surface area contributed by atoms with E-state index in [0.29, 0.717) is 45.2 Å². The number of thiophene rings is 1. The van der Waals surface area contributed by atoms with Gasteiger partial charge in [-0.2, -0.15) is 0 Å². The Morgan fingerprint density at radius 2 is 2.24 bits per heavy atom. The molecule has 2 aromatic rings. The zero-order chi connectivity index (χ0) is 18.0. The maximum Gasteiger partial charge on any atom is 0.348 e. The van der Waals surface area contributed by atoms with Gasteiger partial charge in [-0.3, -0.25) is 9.78 Å². The van der Waals surface area contributed by atoms with Crippen LogP contribution in [0.4, 0.5) is 0 Å². The first-order valence-corrected chi connectivity index (χ1v) is 9.44. The van der Waals surface area contributed by atoms with Crippen molar-refractivity contribution >= 4 is 44.0 Å². The van der Waals surface area contributed by atoms with Gasteiger partial charge in [0, 0.05) is 21.8 Å². The average Bonchev–Trinajstić information content (AvgIpc) is 2.97. The van der Waals surface area contributed by atoms with Crippen LogP contribution in [0.15, 0.2) is 23.9 Å². The molecule has 7 heteroatoms. The number of carbonyl (C=O) groups excluding carboxylic acids is 2. The molecule has 3 rings (SSSR count). The third-order valence-electron chi connectivity index (χ3n) is 3.88. The van der Waals surface area contributed by atoms with Crippen LogP contribution in [0.5, 0.6) is 10.8 Å². The highest BCUT2D eigenvalue weighted by molar-refractivity contribution is 9.15. The van der Waals surface area contributed by atoms with E-state index in [2.05, 4.69) is 20.9 Å². The van der Waals surface area contributed by atoms with E-state index in [-0.39, 0.29) is 5.97 Å². The van der Waals surface area contributed by atoms with Gasteiger partial charge in [0.25, 0.3) is 0 Å². The summed E-state index contributed by atoms with van der Waals surface area (Å²) in [6.07, 6.45) is 3.70. The molecule has 0 spiro atoms. The Bertz CT molecular complexity index is 872. The topological polar surface area (TPSA) is 65.5 Å². The Hall–Kier alpha value is -1.99. The Morgan fingerprint density at radius 1 is 1.44 bits per heavy atom. The molecular weight excluding hydrogens is 406 g/mol. The predicted octanol–water partition coefficient (Wildman–Crippen LogP) is 4.67. The molecule has 130 valence electrons. The predicted molar refractivity (Wildman–Crippen MR) is 99.6 cm³/mol. The summed E-state index contributed by atoms with van der Waals surface area (Å²) in [5, 5.41) is 0.556. The second-order valence-corrected chi connectivity index (χ2v) is 7.21. The Kier molecular flexibility index (Phi) is 5.34. The largest absolute Gasteiger partial charge is 0.462 e. The first-order chi connectivity index (χ1) is 12.1. The van der Waals surface area contributed by atoms with Gasteiger partial charge in [0.15, 0.2) is 5.06 Å². The Morgan fingerprint density at radius 3 is 2.92 bits per heavy atom. The fraction of sp³-hybridized carbons (Fsp3) is 0.278. The van der Waals surface area contributed by atoms with Crippen molar-refractivity contribution in [2.45, 2.75) is 26.7 Å². The number of esters is 1. The molecule has 0 bridgehead atoms. The third-order valence-corrected chi connectivity index (χ3v) is 5.88. The lowest BCUT2D eigenvalue weighted by molar-refractivity contribution is -0.105. The van der Waals surface area contributed by atoms with Crippen LogP contribution in [-0.2, 0) is 16.0 Å². The molecule has 25 heavy (non-hydrogen) atoms. The lowest BCUT2D eigenvalue weighted by Crippen LogP contribution is -2.09. The average molecular weight is 422 g/mol. The molecule has 0 unspecified atom stereocenters. The zero-order valence-electron chi connectivity index (χ0n) is 13.8.